The van der Waals surface area contributed by atoms with Crippen molar-refractivity contribution in [2.45, 2.75) is 17.0 Å². The smallest absolute Gasteiger partial charge is 0.190 e. The van der Waals surface area contributed by atoms with Crippen LogP contribution in [0, 0.1) is 11.8 Å². The molecule has 1 aromatic heterocycles. The number of pyridine rings is 1. The third kappa shape index (κ3) is 3.74. The zero-order chi connectivity index (χ0) is 17.2. The van der Waals surface area contributed by atoms with Crippen LogP contribution < -0.4 is 4.90 Å². The second-order valence-corrected chi connectivity index (χ2v) is 7.89. The van der Waals surface area contributed by atoms with Crippen molar-refractivity contribution in [2.75, 3.05) is 24.2 Å². The van der Waals surface area contributed by atoms with Crippen molar-refractivity contribution in [3.63, 3.8) is 0 Å². The highest BCUT2D eigenvalue weighted by Gasteiger charge is 2.37. The lowest BCUT2D eigenvalue weighted by Crippen LogP contribution is -2.27. The minimum absolute atomic E-state index is 0.111. The van der Waals surface area contributed by atoms with Crippen LogP contribution in [-0.4, -0.2) is 38.4 Å². The minimum Gasteiger partial charge on any atom is -0.367 e. The molecule has 2 aromatic rings. The van der Waals surface area contributed by atoms with Gasteiger partial charge in [-0.2, -0.15) is 0 Å². The molecule has 0 saturated carbocycles. The van der Waals surface area contributed by atoms with Crippen molar-refractivity contribution in [1.82, 2.24) is 4.98 Å². The first-order valence-corrected chi connectivity index (χ1v) is 9.43. The second-order valence-electron chi connectivity index (χ2n) is 5.87. The maximum Gasteiger partial charge on any atom is 0.190 e. The highest BCUT2D eigenvalue weighted by atomic mass is 32.2. The summed E-state index contributed by atoms with van der Waals surface area (Å²) in [4.78, 5) is 6.12. The lowest BCUT2D eigenvalue weighted by molar-refractivity contribution is 0.274. The van der Waals surface area contributed by atoms with Crippen molar-refractivity contribution < 1.29 is 12.8 Å². The molecule has 124 valence electrons. The number of rotatable bonds is 2. The average molecular weight is 344 g/mol. The molecule has 1 aliphatic rings. The van der Waals surface area contributed by atoms with Crippen LogP contribution in [0.5, 0.6) is 0 Å². The zero-order valence-electron chi connectivity index (χ0n) is 13.2. The van der Waals surface area contributed by atoms with E-state index in [0.29, 0.717) is 17.9 Å². The van der Waals surface area contributed by atoms with Gasteiger partial charge < -0.3 is 4.90 Å². The summed E-state index contributed by atoms with van der Waals surface area (Å²) >= 11 is 0. The van der Waals surface area contributed by atoms with E-state index in [9.17, 15) is 12.8 Å². The van der Waals surface area contributed by atoms with Gasteiger partial charge in [-0.25, -0.2) is 17.8 Å². The van der Waals surface area contributed by atoms with Gasteiger partial charge in [0.05, 0.1) is 11.4 Å². The summed E-state index contributed by atoms with van der Waals surface area (Å²) in [6.45, 7) is 0.598. The maximum atomic E-state index is 14.9. The summed E-state index contributed by atoms with van der Waals surface area (Å²) in [5, 5.41) is 0. The minimum atomic E-state index is -3.29. The van der Waals surface area contributed by atoms with Crippen LogP contribution in [0.1, 0.15) is 12.1 Å². The Morgan fingerprint density at radius 2 is 2.08 bits per heavy atom. The fourth-order valence-electron chi connectivity index (χ4n) is 2.62. The molecule has 0 bridgehead atoms. The number of sulfone groups is 1. The maximum absolute atomic E-state index is 14.9. The van der Waals surface area contributed by atoms with Crippen LogP contribution in [-0.2, 0) is 9.84 Å². The Morgan fingerprint density at radius 1 is 1.25 bits per heavy atom. The van der Waals surface area contributed by atoms with E-state index in [4.69, 9.17) is 0 Å². The number of nitrogens with zero attached hydrogens (tertiary/aromatic N) is 2. The number of benzene rings is 1. The Labute approximate surface area is 141 Å². The van der Waals surface area contributed by atoms with E-state index < -0.39 is 15.5 Å². The van der Waals surface area contributed by atoms with Crippen molar-refractivity contribution in [3.8, 4) is 11.8 Å². The van der Waals surface area contributed by atoms with Gasteiger partial charge >= 0.3 is 0 Å². The topological polar surface area (TPSA) is 50.3 Å². The molecule has 0 radical (unpaired) electrons. The van der Waals surface area contributed by atoms with Crippen LogP contribution in [0.15, 0.2) is 53.6 Å². The van der Waals surface area contributed by atoms with Gasteiger partial charge in [-0.15, -0.1) is 0 Å². The first kappa shape index (κ1) is 16.5. The normalized spacial score (nSPS) is 20.5. The first-order chi connectivity index (χ1) is 11.4. The van der Waals surface area contributed by atoms with Gasteiger partial charge in [-0.1, -0.05) is 18.1 Å². The molecule has 1 unspecified atom stereocenters. The van der Waals surface area contributed by atoms with Crippen LogP contribution in [0.3, 0.4) is 0 Å². The summed E-state index contributed by atoms with van der Waals surface area (Å²) in [5.41, 5.74) is -0.400. The molecule has 0 spiro atoms. The molecule has 0 N–H and O–H groups in total. The first-order valence-electron chi connectivity index (χ1n) is 7.54. The zero-order valence-corrected chi connectivity index (χ0v) is 14.1. The van der Waals surface area contributed by atoms with E-state index in [-0.39, 0.29) is 17.9 Å². The molecule has 1 aromatic carbocycles. The Balaban J connectivity index is 1.79. The summed E-state index contributed by atoms with van der Waals surface area (Å²) in [6, 6.07) is 11.9. The van der Waals surface area contributed by atoms with E-state index in [1.807, 2.05) is 4.90 Å². The van der Waals surface area contributed by atoms with E-state index >= 15 is 0 Å². The van der Waals surface area contributed by atoms with Gasteiger partial charge in [0.15, 0.2) is 15.5 Å². The second kappa shape index (κ2) is 6.25. The molecule has 0 aliphatic carbocycles. The molecule has 1 fully saturated rings. The van der Waals surface area contributed by atoms with E-state index in [1.165, 1.54) is 0 Å². The summed E-state index contributed by atoms with van der Waals surface area (Å²) < 4.78 is 38.2. The Kier molecular flexibility index (Phi) is 4.29. The van der Waals surface area contributed by atoms with E-state index in [2.05, 4.69) is 16.8 Å². The standard InChI is InChI=1S/C18H17FN2O2S/c1-24(22,23)17-7-4-6-16(13-17)21-12-10-18(19,14-21)9-8-15-5-2-3-11-20-15/h2-7,11,13H,10,12,14H2,1H3. The van der Waals surface area contributed by atoms with Gasteiger partial charge in [-0.05, 0) is 36.3 Å². The summed E-state index contributed by atoms with van der Waals surface area (Å²) in [5.74, 6) is 5.46. The van der Waals surface area contributed by atoms with Crippen LogP contribution in [0.4, 0.5) is 10.1 Å². The predicted octanol–water partition coefficient (Wildman–Crippen LogP) is 2.46. The SMILES string of the molecule is CS(=O)(=O)c1cccc(N2CCC(F)(C#Cc3ccccn3)C2)c1. The largest absolute Gasteiger partial charge is 0.367 e. The third-order valence-electron chi connectivity index (χ3n) is 3.91. The molecule has 3 rings (SSSR count). The number of anilines is 1. The van der Waals surface area contributed by atoms with Crippen molar-refractivity contribution in [1.29, 1.82) is 0 Å². The summed E-state index contributed by atoms with van der Waals surface area (Å²) in [7, 11) is -3.29. The average Bonchev–Trinajstić information content (AvgIpc) is 2.96. The third-order valence-corrected chi connectivity index (χ3v) is 5.02. The molecule has 1 atom stereocenters. The van der Waals surface area contributed by atoms with Crippen molar-refractivity contribution in [3.05, 3.63) is 54.4 Å². The monoisotopic (exact) mass is 344 g/mol. The van der Waals surface area contributed by atoms with Crippen molar-refractivity contribution in [2.24, 2.45) is 0 Å². The molecule has 1 saturated heterocycles. The molecular formula is C18H17FN2O2S. The molecule has 2 heterocycles. The molecule has 0 amide bonds. The molecule has 6 heteroatoms. The number of aromatic nitrogens is 1. The number of halogens is 1. The van der Waals surface area contributed by atoms with Crippen LogP contribution in [0.2, 0.25) is 0 Å². The van der Waals surface area contributed by atoms with E-state index in [1.54, 1.807) is 48.7 Å². The van der Waals surface area contributed by atoms with Gasteiger partial charge in [-0.3, -0.25) is 0 Å². The number of hydrogen-bond acceptors (Lipinski definition) is 4. The number of alkyl halides is 1. The Hall–Kier alpha value is -2.39. The highest BCUT2D eigenvalue weighted by molar-refractivity contribution is 7.90. The van der Waals surface area contributed by atoms with Gasteiger partial charge in [0.25, 0.3) is 0 Å². The molecule has 24 heavy (non-hydrogen) atoms. The van der Waals surface area contributed by atoms with Crippen LogP contribution in [0.25, 0.3) is 0 Å². The lowest BCUT2D eigenvalue weighted by atomic mass is 10.1. The number of hydrogen-bond donors (Lipinski definition) is 0. The van der Waals surface area contributed by atoms with Gasteiger partial charge in [0, 0.05) is 31.1 Å². The summed E-state index contributed by atoms with van der Waals surface area (Å²) in [6.07, 6.45) is 3.05. The molecular weight excluding hydrogens is 327 g/mol. The van der Waals surface area contributed by atoms with Crippen LogP contribution >= 0.6 is 0 Å². The van der Waals surface area contributed by atoms with E-state index in [0.717, 1.165) is 6.26 Å². The Morgan fingerprint density at radius 3 is 2.79 bits per heavy atom. The van der Waals surface area contributed by atoms with Crippen molar-refractivity contribution >= 4 is 15.5 Å². The predicted molar refractivity (Wildman–Crippen MR) is 91.3 cm³/mol. The molecule has 4 nitrogen and oxygen atoms in total. The molecule has 1 aliphatic heterocycles. The Bertz CT molecular complexity index is 903. The fourth-order valence-corrected chi connectivity index (χ4v) is 3.28. The quantitative estimate of drug-likeness (QED) is 0.786. The highest BCUT2D eigenvalue weighted by Crippen LogP contribution is 2.30. The van der Waals surface area contributed by atoms with Gasteiger partial charge in [0.1, 0.15) is 5.69 Å². The van der Waals surface area contributed by atoms with Gasteiger partial charge in [0.2, 0.25) is 0 Å². The lowest BCUT2D eigenvalue weighted by Gasteiger charge is -2.19. The fraction of sp³-hybridized carbons (Fsp3) is 0.278.